The Labute approximate surface area is 171 Å². The molecule has 1 saturated heterocycles. The number of aliphatic hydroxyl groups is 1. The first-order valence-corrected chi connectivity index (χ1v) is 10.9. The van der Waals surface area contributed by atoms with E-state index in [-0.39, 0.29) is 12.0 Å². The standard InChI is InChI=1S/C22H31N3O2S/c1-15(2)12-20-24-16(3)21(28-20)22(27)23-13-17-4-6-18(7-5-17)14-25-10-8-19(26)9-11-25/h4-7,15,19,26H,8-14H2,1-3H3,(H,23,27). The Bertz CT molecular complexity index is 778. The lowest BCUT2D eigenvalue weighted by Gasteiger charge is -2.29. The predicted molar refractivity (Wildman–Crippen MR) is 114 cm³/mol. The second kappa shape index (κ2) is 9.63. The van der Waals surface area contributed by atoms with Gasteiger partial charge in [-0.1, -0.05) is 38.1 Å². The number of aryl methyl sites for hydroxylation is 1. The fraction of sp³-hybridized carbons (Fsp3) is 0.545. The number of hydrogen-bond donors (Lipinski definition) is 2. The summed E-state index contributed by atoms with van der Waals surface area (Å²) in [6.45, 7) is 9.56. The van der Waals surface area contributed by atoms with Crippen LogP contribution in [0.15, 0.2) is 24.3 Å². The highest BCUT2D eigenvalue weighted by Gasteiger charge is 2.17. The summed E-state index contributed by atoms with van der Waals surface area (Å²) in [6, 6.07) is 8.42. The smallest absolute Gasteiger partial charge is 0.263 e. The van der Waals surface area contributed by atoms with Gasteiger partial charge in [0, 0.05) is 32.6 Å². The summed E-state index contributed by atoms with van der Waals surface area (Å²) in [6.07, 6.45) is 2.50. The molecular formula is C22H31N3O2S. The summed E-state index contributed by atoms with van der Waals surface area (Å²) in [4.78, 5) is 20.2. The lowest BCUT2D eigenvalue weighted by Crippen LogP contribution is -2.35. The van der Waals surface area contributed by atoms with Gasteiger partial charge >= 0.3 is 0 Å². The second-order valence-corrected chi connectivity index (χ2v) is 9.21. The molecule has 0 aliphatic carbocycles. The summed E-state index contributed by atoms with van der Waals surface area (Å²) in [5.74, 6) is 0.496. The van der Waals surface area contributed by atoms with Crippen molar-refractivity contribution in [2.24, 2.45) is 5.92 Å². The average Bonchev–Trinajstić information content (AvgIpc) is 3.02. The first-order valence-electron chi connectivity index (χ1n) is 10.1. The summed E-state index contributed by atoms with van der Waals surface area (Å²) in [7, 11) is 0. The molecule has 2 heterocycles. The van der Waals surface area contributed by atoms with Crippen LogP contribution in [0.25, 0.3) is 0 Å². The Morgan fingerprint density at radius 3 is 2.54 bits per heavy atom. The zero-order chi connectivity index (χ0) is 20.1. The van der Waals surface area contributed by atoms with Crippen molar-refractivity contribution in [3.8, 4) is 0 Å². The third-order valence-corrected chi connectivity index (χ3v) is 6.25. The van der Waals surface area contributed by atoms with E-state index in [1.807, 2.05) is 6.92 Å². The quantitative estimate of drug-likeness (QED) is 0.745. The summed E-state index contributed by atoms with van der Waals surface area (Å²) >= 11 is 1.51. The number of piperidine rings is 1. The van der Waals surface area contributed by atoms with Crippen LogP contribution < -0.4 is 5.32 Å². The van der Waals surface area contributed by atoms with Gasteiger partial charge in [-0.05, 0) is 36.8 Å². The second-order valence-electron chi connectivity index (χ2n) is 8.13. The van der Waals surface area contributed by atoms with E-state index < -0.39 is 0 Å². The van der Waals surface area contributed by atoms with E-state index in [1.165, 1.54) is 16.9 Å². The number of nitrogens with zero attached hydrogens (tertiary/aromatic N) is 2. The van der Waals surface area contributed by atoms with Crippen LogP contribution in [-0.4, -0.2) is 40.1 Å². The van der Waals surface area contributed by atoms with Gasteiger partial charge in [-0.2, -0.15) is 0 Å². The maximum absolute atomic E-state index is 12.5. The first-order chi connectivity index (χ1) is 13.4. The molecule has 6 heteroatoms. The van der Waals surface area contributed by atoms with Gasteiger partial charge in [-0.25, -0.2) is 4.98 Å². The molecule has 0 saturated carbocycles. The predicted octanol–water partition coefficient (Wildman–Crippen LogP) is 3.54. The van der Waals surface area contributed by atoms with E-state index in [9.17, 15) is 9.90 Å². The molecule has 1 aromatic heterocycles. The van der Waals surface area contributed by atoms with Gasteiger partial charge in [0.1, 0.15) is 4.88 Å². The molecule has 0 bridgehead atoms. The van der Waals surface area contributed by atoms with E-state index in [4.69, 9.17) is 0 Å². The Morgan fingerprint density at radius 2 is 1.89 bits per heavy atom. The van der Waals surface area contributed by atoms with Crippen molar-refractivity contribution in [2.75, 3.05) is 13.1 Å². The van der Waals surface area contributed by atoms with Crippen LogP contribution in [0.3, 0.4) is 0 Å². The third kappa shape index (κ3) is 5.87. The molecule has 1 amide bonds. The molecule has 3 rings (SSSR count). The van der Waals surface area contributed by atoms with Crippen LogP contribution in [-0.2, 0) is 19.5 Å². The molecule has 0 spiro atoms. The molecule has 2 N–H and O–H groups in total. The summed E-state index contributed by atoms with van der Waals surface area (Å²) in [5.41, 5.74) is 3.18. The highest BCUT2D eigenvalue weighted by molar-refractivity contribution is 7.13. The number of amides is 1. The zero-order valence-electron chi connectivity index (χ0n) is 17.1. The molecule has 2 aromatic rings. The molecule has 28 heavy (non-hydrogen) atoms. The van der Waals surface area contributed by atoms with Crippen LogP contribution in [0.5, 0.6) is 0 Å². The highest BCUT2D eigenvalue weighted by atomic mass is 32.1. The van der Waals surface area contributed by atoms with Crippen LogP contribution in [0.2, 0.25) is 0 Å². The van der Waals surface area contributed by atoms with Gasteiger partial charge in [0.15, 0.2) is 0 Å². The minimum Gasteiger partial charge on any atom is -0.393 e. The Hall–Kier alpha value is -1.76. The number of carbonyl (C=O) groups is 1. The van der Waals surface area contributed by atoms with Gasteiger partial charge in [-0.15, -0.1) is 11.3 Å². The van der Waals surface area contributed by atoms with Gasteiger partial charge in [0.05, 0.1) is 16.8 Å². The molecular weight excluding hydrogens is 370 g/mol. The lowest BCUT2D eigenvalue weighted by molar-refractivity contribution is 0.0792. The Morgan fingerprint density at radius 1 is 1.25 bits per heavy atom. The molecule has 1 aliphatic rings. The van der Waals surface area contributed by atoms with Crippen LogP contribution in [0, 0.1) is 12.8 Å². The van der Waals surface area contributed by atoms with Gasteiger partial charge < -0.3 is 10.4 Å². The normalized spacial score (nSPS) is 15.9. The molecule has 5 nitrogen and oxygen atoms in total. The molecule has 152 valence electrons. The van der Waals surface area contributed by atoms with Crippen LogP contribution in [0.4, 0.5) is 0 Å². The monoisotopic (exact) mass is 401 g/mol. The minimum atomic E-state index is -0.133. The number of thiazole rings is 1. The Balaban J connectivity index is 1.50. The number of aliphatic hydroxyl groups excluding tert-OH is 1. The number of benzene rings is 1. The van der Waals surface area contributed by atoms with Crippen molar-refractivity contribution < 1.29 is 9.90 Å². The summed E-state index contributed by atoms with van der Waals surface area (Å²) in [5, 5.41) is 13.7. The van der Waals surface area contributed by atoms with E-state index in [0.29, 0.717) is 12.5 Å². The molecule has 0 unspecified atom stereocenters. The Kier molecular flexibility index (Phi) is 7.21. The van der Waals surface area contributed by atoms with Crippen molar-refractivity contribution in [3.05, 3.63) is 51.0 Å². The SMILES string of the molecule is Cc1nc(CC(C)C)sc1C(=O)NCc1ccc(CN2CCC(O)CC2)cc1. The number of aromatic nitrogens is 1. The van der Waals surface area contributed by atoms with Crippen molar-refractivity contribution in [3.63, 3.8) is 0 Å². The van der Waals surface area contributed by atoms with E-state index in [2.05, 4.69) is 53.3 Å². The van der Waals surface area contributed by atoms with Crippen molar-refractivity contribution in [1.82, 2.24) is 15.2 Å². The molecule has 0 radical (unpaired) electrons. The molecule has 1 aromatic carbocycles. The summed E-state index contributed by atoms with van der Waals surface area (Å²) < 4.78 is 0. The molecule has 0 atom stereocenters. The number of rotatable bonds is 7. The van der Waals surface area contributed by atoms with E-state index in [1.54, 1.807) is 0 Å². The van der Waals surface area contributed by atoms with Gasteiger partial charge in [0.25, 0.3) is 5.91 Å². The maximum Gasteiger partial charge on any atom is 0.263 e. The van der Waals surface area contributed by atoms with Crippen molar-refractivity contribution >= 4 is 17.2 Å². The number of hydrogen-bond acceptors (Lipinski definition) is 5. The van der Waals surface area contributed by atoms with E-state index >= 15 is 0 Å². The zero-order valence-corrected chi connectivity index (χ0v) is 17.9. The lowest BCUT2D eigenvalue weighted by atomic mass is 10.1. The van der Waals surface area contributed by atoms with Crippen LogP contribution >= 0.6 is 11.3 Å². The molecule has 1 aliphatic heterocycles. The van der Waals surface area contributed by atoms with Crippen LogP contribution in [0.1, 0.15) is 58.2 Å². The number of likely N-dealkylation sites (tertiary alicyclic amines) is 1. The van der Waals surface area contributed by atoms with Gasteiger partial charge in [0.2, 0.25) is 0 Å². The average molecular weight is 402 g/mol. The van der Waals surface area contributed by atoms with Crippen molar-refractivity contribution in [2.45, 2.75) is 59.2 Å². The fourth-order valence-corrected chi connectivity index (χ4v) is 4.65. The third-order valence-electron chi connectivity index (χ3n) is 5.07. The number of carbonyl (C=O) groups excluding carboxylic acids is 1. The highest BCUT2D eigenvalue weighted by Crippen LogP contribution is 2.21. The van der Waals surface area contributed by atoms with Crippen molar-refractivity contribution in [1.29, 1.82) is 0 Å². The molecule has 1 fully saturated rings. The fourth-order valence-electron chi connectivity index (χ4n) is 3.46. The van der Waals surface area contributed by atoms with E-state index in [0.717, 1.165) is 60.0 Å². The van der Waals surface area contributed by atoms with Gasteiger partial charge in [-0.3, -0.25) is 9.69 Å². The maximum atomic E-state index is 12.5. The number of nitrogens with one attached hydrogen (secondary N) is 1. The topological polar surface area (TPSA) is 65.5 Å². The minimum absolute atomic E-state index is 0.0408. The first kappa shape index (κ1) is 21.0. The largest absolute Gasteiger partial charge is 0.393 e.